The van der Waals surface area contributed by atoms with Gasteiger partial charge >= 0.3 is 17.9 Å². The molecule has 420 valence electrons. The van der Waals surface area contributed by atoms with Gasteiger partial charge in [0.1, 0.15) is 13.2 Å². The molecule has 0 bridgehead atoms. The first kappa shape index (κ1) is 70.0. The molecule has 0 rings (SSSR count). The fraction of sp³-hybridized carbons (Fsp3) is 0.580. The first-order valence-electron chi connectivity index (χ1n) is 30.0. The Morgan fingerprint density at radius 2 is 0.547 bits per heavy atom. The summed E-state index contributed by atoms with van der Waals surface area (Å²) in [5.41, 5.74) is 0. The van der Waals surface area contributed by atoms with E-state index < -0.39 is 12.1 Å². The van der Waals surface area contributed by atoms with E-state index >= 15 is 0 Å². The molecule has 0 aliphatic carbocycles. The molecule has 0 amide bonds. The highest BCUT2D eigenvalue weighted by atomic mass is 16.6. The highest BCUT2D eigenvalue weighted by molar-refractivity contribution is 5.71. The van der Waals surface area contributed by atoms with Gasteiger partial charge < -0.3 is 14.2 Å². The summed E-state index contributed by atoms with van der Waals surface area (Å²) in [5.74, 6) is -1.05. The van der Waals surface area contributed by atoms with Crippen LogP contribution in [0.1, 0.15) is 239 Å². The van der Waals surface area contributed by atoms with Gasteiger partial charge in [0.2, 0.25) is 0 Å². The Balaban J connectivity index is 4.58. The molecule has 0 heterocycles. The Morgan fingerprint density at radius 3 is 0.880 bits per heavy atom. The maximum atomic E-state index is 12.9. The lowest BCUT2D eigenvalue weighted by molar-refractivity contribution is -0.166. The second kappa shape index (κ2) is 61.6. The van der Waals surface area contributed by atoms with E-state index in [1.54, 1.807) is 0 Å². The maximum absolute atomic E-state index is 12.9. The summed E-state index contributed by atoms with van der Waals surface area (Å²) >= 11 is 0. The van der Waals surface area contributed by atoms with Crippen molar-refractivity contribution in [1.82, 2.24) is 0 Å². The SMILES string of the molecule is CC/C=C\C/C=C\C/C=C\C/C=C\C/C=C\C/C=C\CCCCCCC(=O)OCC(COC(=O)CCCCCCC/C=C\CCCCCCCC)OC(=O)CC/C=C\C/C=C\C/C=C\C/C=C\C/C=C\C/C=C\CC. The number of carbonyl (C=O) groups is 3. The molecule has 0 aromatic rings. The van der Waals surface area contributed by atoms with Crippen LogP contribution in [0.25, 0.3) is 0 Å². The van der Waals surface area contributed by atoms with Gasteiger partial charge in [0, 0.05) is 19.3 Å². The molecule has 0 fully saturated rings. The second-order valence-electron chi connectivity index (χ2n) is 19.1. The van der Waals surface area contributed by atoms with Crippen molar-refractivity contribution in [2.75, 3.05) is 13.2 Å². The van der Waals surface area contributed by atoms with Crippen LogP contribution < -0.4 is 0 Å². The molecule has 0 saturated heterocycles. The Bertz CT molecular complexity index is 1710. The topological polar surface area (TPSA) is 78.9 Å². The summed E-state index contributed by atoms with van der Waals surface area (Å²) in [5, 5.41) is 0. The van der Waals surface area contributed by atoms with Crippen LogP contribution in [0.15, 0.2) is 158 Å². The van der Waals surface area contributed by atoms with Crippen molar-refractivity contribution < 1.29 is 28.6 Å². The van der Waals surface area contributed by atoms with Crippen molar-refractivity contribution in [3.8, 4) is 0 Å². The fourth-order valence-corrected chi connectivity index (χ4v) is 7.58. The number of rotatable bonds is 52. The van der Waals surface area contributed by atoms with E-state index in [1.807, 2.05) is 12.2 Å². The molecule has 6 nitrogen and oxygen atoms in total. The van der Waals surface area contributed by atoms with Gasteiger partial charge in [-0.2, -0.15) is 0 Å². The smallest absolute Gasteiger partial charge is 0.306 e. The van der Waals surface area contributed by atoms with Gasteiger partial charge in [0.25, 0.3) is 0 Å². The van der Waals surface area contributed by atoms with E-state index in [-0.39, 0.29) is 31.6 Å². The van der Waals surface area contributed by atoms with Crippen LogP contribution in [0.4, 0.5) is 0 Å². The lowest BCUT2D eigenvalue weighted by Gasteiger charge is -2.18. The van der Waals surface area contributed by atoms with Crippen LogP contribution in [0.2, 0.25) is 0 Å². The van der Waals surface area contributed by atoms with Crippen LogP contribution in [0.3, 0.4) is 0 Å². The van der Waals surface area contributed by atoms with Crippen LogP contribution in [-0.4, -0.2) is 37.2 Å². The Labute approximate surface area is 460 Å². The molecule has 0 saturated carbocycles. The molecular formula is C69H108O6. The Morgan fingerprint density at radius 1 is 0.280 bits per heavy atom. The molecule has 0 aromatic carbocycles. The summed E-state index contributed by atoms with van der Waals surface area (Å²) in [4.78, 5) is 38.2. The zero-order valence-corrected chi connectivity index (χ0v) is 48.0. The fourth-order valence-electron chi connectivity index (χ4n) is 7.58. The predicted octanol–water partition coefficient (Wildman–Crippen LogP) is 20.5. The van der Waals surface area contributed by atoms with Crippen LogP contribution >= 0.6 is 0 Å². The first-order valence-corrected chi connectivity index (χ1v) is 30.0. The van der Waals surface area contributed by atoms with Crippen molar-refractivity contribution in [2.45, 2.75) is 245 Å². The first-order chi connectivity index (χ1) is 37.0. The lowest BCUT2D eigenvalue weighted by atomic mass is 10.1. The Kier molecular flexibility index (Phi) is 57.5. The highest BCUT2D eigenvalue weighted by Gasteiger charge is 2.19. The van der Waals surface area contributed by atoms with Crippen LogP contribution in [-0.2, 0) is 28.6 Å². The molecule has 0 aliphatic heterocycles. The number of hydrogen-bond acceptors (Lipinski definition) is 6. The second-order valence-corrected chi connectivity index (χ2v) is 19.1. The highest BCUT2D eigenvalue weighted by Crippen LogP contribution is 2.13. The minimum atomic E-state index is -0.841. The van der Waals surface area contributed by atoms with Crippen molar-refractivity contribution in [2.24, 2.45) is 0 Å². The van der Waals surface area contributed by atoms with Crippen molar-refractivity contribution in [3.05, 3.63) is 158 Å². The van der Waals surface area contributed by atoms with Crippen LogP contribution in [0, 0.1) is 0 Å². The van der Waals surface area contributed by atoms with E-state index in [9.17, 15) is 14.4 Å². The molecule has 6 heteroatoms. The van der Waals surface area contributed by atoms with E-state index in [0.29, 0.717) is 19.3 Å². The molecule has 0 aromatic heterocycles. The normalized spacial score (nSPS) is 13.3. The zero-order chi connectivity index (χ0) is 54.3. The largest absolute Gasteiger partial charge is 0.462 e. The van der Waals surface area contributed by atoms with Crippen molar-refractivity contribution in [1.29, 1.82) is 0 Å². The van der Waals surface area contributed by atoms with E-state index in [1.165, 1.54) is 51.4 Å². The van der Waals surface area contributed by atoms with Gasteiger partial charge in [-0.1, -0.05) is 243 Å². The molecule has 0 N–H and O–H groups in total. The molecule has 0 aliphatic rings. The number of allylic oxidation sites excluding steroid dienone is 26. The molecular weight excluding hydrogens is 925 g/mol. The maximum Gasteiger partial charge on any atom is 0.306 e. The van der Waals surface area contributed by atoms with E-state index in [2.05, 4.69) is 167 Å². The van der Waals surface area contributed by atoms with Gasteiger partial charge in [-0.15, -0.1) is 0 Å². The molecule has 1 unspecified atom stereocenters. The number of unbranched alkanes of at least 4 members (excludes halogenated alkanes) is 15. The summed E-state index contributed by atoms with van der Waals surface area (Å²) in [7, 11) is 0. The predicted molar refractivity (Wildman–Crippen MR) is 325 cm³/mol. The summed E-state index contributed by atoms with van der Waals surface area (Å²) in [6.45, 7) is 6.30. The minimum Gasteiger partial charge on any atom is -0.462 e. The zero-order valence-electron chi connectivity index (χ0n) is 48.0. The van der Waals surface area contributed by atoms with Crippen molar-refractivity contribution in [3.63, 3.8) is 0 Å². The standard InChI is InChI=1S/C69H108O6/c1-4-7-10-13-16-19-22-25-28-30-32-33-34-35-37-38-41-44-47-50-53-56-59-62-68(71)74-65-66(64-73-67(70)61-58-55-52-49-46-43-40-27-24-21-18-15-12-9-6-3)75-69(72)63-60-57-54-51-48-45-42-39-36-31-29-26-23-20-17-14-11-8-5-2/h7-8,10-11,16-17,19-20,25-29,32-33,35-37,39-41,44-45,48,54,57,66H,4-6,9,12-15,18,21-24,30-31,34,38,42-43,46-47,49-53,55-56,58-65H2,1-3H3/b10-7-,11-8-,19-16-,20-17-,28-25-,29-26-,33-32-,37-35-,39-36-,40-27-,44-41-,48-45-,57-54-. The molecule has 0 spiro atoms. The third-order valence-electron chi connectivity index (χ3n) is 12.0. The van der Waals surface area contributed by atoms with Gasteiger partial charge in [0.15, 0.2) is 6.10 Å². The third kappa shape index (κ3) is 59.8. The minimum absolute atomic E-state index is 0.128. The average Bonchev–Trinajstić information content (AvgIpc) is 3.41. The van der Waals surface area contributed by atoms with E-state index in [4.69, 9.17) is 14.2 Å². The van der Waals surface area contributed by atoms with Gasteiger partial charge in [-0.3, -0.25) is 14.4 Å². The van der Waals surface area contributed by atoms with Gasteiger partial charge in [-0.25, -0.2) is 0 Å². The molecule has 0 radical (unpaired) electrons. The average molecular weight is 1030 g/mol. The molecule has 1 atom stereocenters. The van der Waals surface area contributed by atoms with Gasteiger partial charge in [0.05, 0.1) is 0 Å². The lowest BCUT2D eigenvalue weighted by Crippen LogP contribution is -2.30. The summed E-state index contributed by atoms with van der Waals surface area (Å²) in [6.07, 6.45) is 89.6. The van der Waals surface area contributed by atoms with Crippen molar-refractivity contribution >= 4 is 17.9 Å². The summed E-state index contributed by atoms with van der Waals surface area (Å²) < 4.78 is 16.8. The van der Waals surface area contributed by atoms with Gasteiger partial charge in [-0.05, 0) is 135 Å². The van der Waals surface area contributed by atoms with E-state index in [0.717, 1.165) is 141 Å². The Hall–Kier alpha value is -4.97. The molecule has 75 heavy (non-hydrogen) atoms. The third-order valence-corrected chi connectivity index (χ3v) is 12.0. The quantitative estimate of drug-likeness (QED) is 0.0261. The van der Waals surface area contributed by atoms with Crippen LogP contribution in [0.5, 0.6) is 0 Å². The summed E-state index contributed by atoms with van der Waals surface area (Å²) in [6, 6.07) is 0. The number of esters is 3. The number of ether oxygens (including phenoxy) is 3. The number of carbonyl (C=O) groups excluding carboxylic acids is 3. The monoisotopic (exact) mass is 1030 g/mol. The number of hydrogen-bond donors (Lipinski definition) is 0.